The van der Waals surface area contributed by atoms with Gasteiger partial charge in [0.2, 0.25) is 0 Å². The first-order valence-electron chi connectivity index (χ1n) is 10.7. The van der Waals surface area contributed by atoms with Crippen molar-refractivity contribution in [2.24, 2.45) is 0 Å². The van der Waals surface area contributed by atoms with Gasteiger partial charge in [-0.1, -0.05) is 13.0 Å². The van der Waals surface area contributed by atoms with Crippen molar-refractivity contribution in [2.45, 2.75) is 77.7 Å². The standard InChI is InChI=1S/C22H29F2N5O3/c1-5-19-27-28-20-11-17(25-12-29(19)20)18(30)10-14(26-21(31)32-22(2,3)4)8-13-6-7-15(23)16(24)9-13/h6-7,9,14,17,25H,5,8,10-12H2,1-4H3,(H,26,31). The maximum Gasteiger partial charge on any atom is 0.407 e. The van der Waals surface area contributed by atoms with Crippen molar-refractivity contribution in [2.75, 3.05) is 0 Å². The molecule has 1 aliphatic heterocycles. The lowest BCUT2D eigenvalue weighted by Crippen LogP contribution is -2.48. The normalized spacial score (nSPS) is 16.9. The van der Waals surface area contributed by atoms with Gasteiger partial charge in [-0.05, 0) is 44.9 Å². The van der Waals surface area contributed by atoms with E-state index in [-0.39, 0.29) is 18.6 Å². The molecule has 1 aromatic carbocycles. The third-order valence-electron chi connectivity index (χ3n) is 5.13. The molecule has 8 nitrogen and oxygen atoms in total. The maximum absolute atomic E-state index is 13.7. The fourth-order valence-electron chi connectivity index (χ4n) is 3.64. The van der Waals surface area contributed by atoms with E-state index in [1.54, 1.807) is 20.8 Å². The van der Waals surface area contributed by atoms with E-state index in [0.717, 1.165) is 30.2 Å². The Hall–Kier alpha value is -2.88. The molecular formula is C22H29F2N5O3. The summed E-state index contributed by atoms with van der Waals surface area (Å²) in [5.41, 5.74) is -0.256. The number of aryl methyl sites for hydroxylation is 1. The van der Waals surface area contributed by atoms with Crippen LogP contribution < -0.4 is 10.6 Å². The molecule has 174 valence electrons. The van der Waals surface area contributed by atoms with Crippen molar-refractivity contribution in [3.63, 3.8) is 0 Å². The number of ether oxygens (including phenoxy) is 1. The zero-order valence-electron chi connectivity index (χ0n) is 18.7. The first-order valence-corrected chi connectivity index (χ1v) is 10.7. The van der Waals surface area contributed by atoms with Crippen LogP contribution in [0.5, 0.6) is 0 Å². The number of amides is 1. The van der Waals surface area contributed by atoms with Gasteiger partial charge < -0.3 is 14.6 Å². The molecule has 32 heavy (non-hydrogen) atoms. The van der Waals surface area contributed by atoms with Crippen LogP contribution in [0.1, 0.15) is 51.3 Å². The number of alkyl carbamates (subject to hydrolysis) is 1. The van der Waals surface area contributed by atoms with Gasteiger partial charge in [0.1, 0.15) is 17.2 Å². The van der Waals surface area contributed by atoms with Crippen LogP contribution in [0.4, 0.5) is 13.6 Å². The van der Waals surface area contributed by atoms with Crippen molar-refractivity contribution in [3.8, 4) is 0 Å². The minimum atomic E-state index is -0.982. The maximum atomic E-state index is 13.7. The van der Waals surface area contributed by atoms with E-state index >= 15 is 0 Å². The second-order valence-corrected chi connectivity index (χ2v) is 8.90. The summed E-state index contributed by atoms with van der Waals surface area (Å²) in [6.07, 6.45) is 0.580. The number of aromatic nitrogens is 3. The number of benzene rings is 1. The van der Waals surface area contributed by atoms with Crippen LogP contribution in [0.2, 0.25) is 0 Å². The second kappa shape index (κ2) is 9.72. The zero-order chi connectivity index (χ0) is 23.5. The Kier molecular flexibility index (Phi) is 7.22. The van der Waals surface area contributed by atoms with E-state index in [1.165, 1.54) is 6.07 Å². The fraction of sp³-hybridized carbons (Fsp3) is 0.545. The smallest absolute Gasteiger partial charge is 0.407 e. The molecule has 2 atom stereocenters. The number of hydrogen-bond donors (Lipinski definition) is 2. The number of carbonyl (C=O) groups is 2. The van der Waals surface area contributed by atoms with Gasteiger partial charge in [0, 0.05) is 25.3 Å². The van der Waals surface area contributed by atoms with E-state index in [2.05, 4.69) is 20.8 Å². The summed E-state index contributed by atoms with van der Waals surface area (Å²) in [7, 11) is 0. The number of halogens is 2. The Labute approximate surface area is 185 Å². The predicted molar refractivity (Wildman–Crippen MR) is 113 cm³/mol. The number of nitrogens with one attached hydrogen (secondary N) is 2. The fourth-order valence-corrected chi connectivity index (χ4v) is 3.64. The molecule has 2 N–H and O–H groups in total. The third kappa shape index (κ3) is 6.09. The van der Waals surface area contributed by atoms with Crippen LogP contribution in [-0.4, -0.2) is 44.3 Å². The molecule has 10 heteroatoms. The Morgan fingerprint density at radius 1 is 1.28 bits per heavy atom. The Morgan fingerprint density at radius 2 is 2.03 bits per heavy atom. The van der Waals surface area contributed by atoms with E-state index in [9.17, 15) is 18.4 Å². The highest BCUT2D eigenvalue weighted by Gasteiger charge is 2.30. The van der Waals surface area contributed by atoms with Crippen LogP contribution in [0, 0.1) is 11.6 Å². The lowest BCUT2D eigenvalue weighted by molar-refractivity contribution is -0.122. The average Bonchev–Trinajstić information content (AvgIpc) is 3.11. The molecule has 2 aromatic rings. The summed E-state index contributed by atoms with van der Waals surface area (Å²) < 4.78 is 34.2. The van der Waals surface area contributed by atoms with Gasteiger partial charge in [0.15, 0.2) is 17.4 Å². The molecule has 0 bridgehead atoms. The van der Waals surface area contributed by atoms with E-state index in [0.29, 0.717) is 18.7 Å². The number of carbonyl (C=O) groups excluding carboxylic acids is 2. The van der Waals surface area contributed by atoms with E-state index in [4.69, 9.17) is 4.74 Å². The number of ketones is 1. The number of fused-ring (bicyclic) bond motifs is 1. The summed E-state index contributed by atoms with van der Waals surface area (Å²) >= 11 is 0. The molecule has 1 aliphatic rings. The number of Topliss-reactive ketones (excluding diaryl/α,β-unsaturated/α-hetero) is 1. The van der Waals surface area contributed by atoms with Crippen LogP contribution in [-0.2, 0) is 35.5 Å². The molecule has 0 fully saturated rings. The van der Waals surface area contributed by atoms with Crippen LogP contribution in [0.15, 0.2) is 18.2 Å². The highest BCUT2D eigenvalue weighted by atomic mass is 19.2. The first kappa shape index (κ1) is 23.8. The highest BCUT2D eigenvalue weighted by Crippen LogP contribution is 2.16. The van der Waals surface area contributed by atoms with Gasteiger partial charge >= 0.3 is 6.09 Å². The van der Waals surface area contributed by atoms with Crippen LogP contribution >= 0.6 is 0 Å². The number of nitrogens with zero attached hydrogens (tertiary/aromatic N) is 3. The Balaban J connectivity index is 1.71. The molecule has 0 spiro atoms. The van der Waals surface area contributed by atoms with Crippen LogP contribution in [0.3, 0.4) is 0 Å². The monoisotopic (exact) mass is 449 g/mol. The van der Waals surface area contributed by atoms with Gasteiger partial charge in [0.25, 0.3) is 0 Å². The lowest BCUT2D eigenvalue weighted by Gasteiger charge is -2.27. The quantitative estimate of drug-likeness (QED) is 0.675. The summed E-state index contributed by atoms with van der Waals surface area (Å²) in [6.45, 7) is 7.60. The van der Waals surface area contributed by atoms with Crippen LogP contribution in [0.25, 0.3) is 0 Å². The first-order chi connectivity index (χ1) is 15.1. The molecule has 0 saturated carbocycles. The lowest BCUT2D eigenvalue weighted by atomic mass is 9.96. The largest absolute Gasteiger partial charge is 0.444 e. The molecule has 2 heterocycles. The molecule has 3 rings (SSSR count). The summed E-state index contributed by atoms with van der Waals surface area (Å²) in [5, 5.41) is 14.2. The topological polar surface area (TPSA) is 98.1 Å². The molecule has 1 amide bonds. The average molecular weight is 450 g/mol. The number of rotatable bonds is 7. The SMILES string of the molecule is CCc1nnc2n1CNC(C(=O)CC(Cc1ccc(F)c(F)c1)NC(=O)OC(C)(C)C)C2. The molecule has 0 radical (unpaired) electrons. The van der Waals surface area contributed by atoms with Gasteiger partial charge in [-0.25, -0.2) is 13.6 Å². The van der Waals surface area contributed by atoms with E-state index < -0.39 is 35.4 Å². The summed E-state index contributed by atoms with van der Waals surface area (Å²) in [5.74, 6) is -0.480. The van der Waals surface area contributed by atoms with E-state index in [1.807, 2.05) is 11.5 Å². The molecule has 1 aromatic heterocycles. The third-order valence-corrected chi connectivity index (χ3v) is 5.13. The molecule has 0 saturated heterocycles. The highest BCUT2D eigenvalue weighted by molar-refractivity contribution is 5.85. The molecule has 2 unspecified atom stereocenters. The van der Waals surface area contributed by atoms with Crippen molar-refractivity contribution >= 4 is 11.9 Å². The van der Waals surface area contributed by atoms with Crippen molar-refractivity contribution < 1.29 is 23.1 Å². The molecule has 0 aliphatic carbocycles. The summed E-state index contributed by atoms with van der Waals surface area (Å²) in [6, 6.07) is 2.38. The van der Waals surface area contributed by atoms with Gasteiger partial charge in [-0.15, -0.1) is 10.2 Å². The van der Waals surface area contributed by atoms with Crippen molar-refractivity contribution in [1.82, 2.24) is 25.4 Å². The minimum absolute atomic E-state index is 0.00925. The van der Waals surface area contributed by atoms with Gasteiger partial charge in [-0.2, -0.15) is 0 Å². The van der Waals surface area contributed by atoms with Gasteiger partial charge in [-0.3, -0.25) is 10.1 Å². The Bertz CT molecular complexity index is 986. The summed E-state index contributed by atoms with van der Waals surface area (Å²) in [4.78, 5) is 25.3. The molecular weight excluding hydrogens is 420 g/mol. The number of hydrogen-bond acceptors (Lipinski definition) is 6. The van der Waals surface area contributed by atoms with Gasteiger partial charge in [0.05, 0.1) is 12.7 Å². The zero-order valence-corrected chi connectivity index (χ0v) is 18.7. The minimum Gasteiger partial charge on any atom is -0.444 e. The Morgan fingerprint density at radius 3 is 2.69 bits per heavy atom. The van der Waals surface area contributed by atoms with Crippen molar-refractivity contribution in [1.29, 1.82) is 0 Å². The predicted octanol–water partition coefficient (Wildman–Crippen LogP) is 2.69. The second-order valence-electron chi connectivity index (χ2n) is 8.90. The van der Waals surface area contributed by atoms with Crippen molar-refractivity contribution in [3.05, 3.63) is 47.0 Å².